The molecule has 1 N–H and O–H groups in total. The molecule has 2 rings (SSSR count). The number of benzene rings is 1. The zero-order chi connectivity index (χ0) is 14.0. The summed E-state index contributed by atoms with van der Waals surface area (Å²) in [5.41, 5.74) is 3.53. The van der Waals surface area contributed by atoms with Crippen LogP contribution in [0.3, 0.4) is 0 Å². The lowest BCUT2D eigenvalue weighted by Crippen LogP contribution is -2.39. The predicted octanol–water partition coefficient (Wildman–Crippen LogP) is 2.53. The van der Waals surface area contributed by atoms with Gasteiger partial charge in [-0.15, -0.1) is 0 Å². The fourth-order valence-electron chi connectivity index (χ4n) is 3.01. The Balaban J connectivity index is 2.42. The minimum absolute atomic E-state index is 0.0924. The molecule has 1 aliphatic rings. The SMILES string of the molecule is CNC(c1cccc(C)c1C)C1CCCCS1(=O)=O. The molecule has 2 atom stereocenters. The van der Waals surface area contributed by atoms with Gasteiger partial charge in [0, 0.05) is 6.04 Å². The van der Waals surface area contributed by atoms with Gasteiger partial charge in [0.1, 0.15) is 0 Å². The van der Waals surface area contributed by atoms with Crippen LogP contribution in [0.5, 0.6) is 0 Å². The van der Waals surface area contributed by atoms with E-state index in [4.69, 9.17) is 0 Å². The fourth-order valence-corrected chi connectivity index (χ4v) is 5.14. The van der Waals surface area contributed by atoms with Gasteiger partial charge in [-0.25, -0.2) is 8.42 Å². The first-order valence-electron chi connectivity index (χ1n) is 6.92. The first kappa shape index (κ1) is 14.5. The van der Waals surface area contributed by atoms with Crippen molar-refractivity contribution < 1.29 is 8.42 Å². The molecule has 0 spiro atoms. The Bertz CT molecular complexity index is 551. The van der Waals surface area contributed by atoms with Gasteiger partial charge < -0.3 is 5.32 Å². The second kappa shape index (κ2) is 5.63. The highest BCUT2D eigenvalue weighted by molar-refractivity contribution is 7.92. The standard InChI is InChI=1S/C15H23NO2S/c1-11-7-6-8-13(12(11)2)15(16-3)14-9-4-5-10-19(14,17)18/h6-8,14-16H,4-5,9-10H2,1-3H3. The second-order valence-electron chi connectivity index (χ2n) is 5.46. The molecule has 1 heterocycles. The molecule has 0 radical (unpaired) electrons. The minimum atomic E-state index is -2.98. The number of sulfone groups is 1. The average Bonchev–Trinajstić information content (AvgIpc) is 2.37. The molecule has 3 nitrogen and oxygen atoms in total. The number of rotatable bonds is 3. The number of aryl methyl sites for hydroxylation is 1. The maximum absolute atomic E-state index is 12.3. The van der Waals surface area contributed by atoms with E-state index in [0.29, 0.717) is 5.75 Å². The molecule has 0 saturated carbocycles. The molecule has 1 aromatic rings. The van der Waals surface area contributed by atoms with Gasteiger partial charge in [0.25, 0.3) is 0 Å². The maximum Gasteiger partial charge on any atom is 0.155 e. The first-order chi connectivity index (χ1) is 8.97. The van der Waals surface area contributed by atoms with Crippen LogP contribution >= 0.6 is 0 Å². The lowest BCUT2D eigenvalue weighted by molar-refractivity contribution is 0.468. The van der Waals surface area contributed by atoms with Gasteiger partial charge in [0.05, 0.1) is 11.0 Å². The molecule has 106 valence electrons. The second-order valence-corrected chi connectivity index (χ2v) is 7.80. The molecule has 1 aliphatic heterocycles. The minimum Gasteiger partial charge on any atom is -0.312 e. The van der Waals surface area contributed by atoms with E-state index in [-0.39, 0.29) is 11.3 Å². The van der Waals surface area contributed by atoms with E-state index < -0.39 is 9.84 Å². The van der Waals surface area contributed by atoms with Crippen molar-refractivity contribution >= 4 is 9.84 Å². The molecule has 2 unspecified atom stereocenters. The Morgan fingerprint density at radius 1 is 1.26 bits per heavy atom. The van der Waals surface area contributed by atoms with E-state index in [9.17, 15) is 8.42 Å². The molecular weight excluding hydrogens is 258 g/mol. The summed E-state index contributed by atoms with van der Waals surface area (Å²) in [6, 6.07) is 6.04. The Morgan fingerprint density at radius 3 is 2.63 bits per heavy atom. The zero-order valence-electron chi connectivity index (χ0n) is 11.9. The summed E-state index contributed by atoms with van der Waals surface area (Å²) in [6.45, 7) is 4.14. The third-order valence-electron chi connectivity index (χ3n) is 4.29. The summed E-state index contributed by atoms with van der Waals surface area (Å²) in [5.74, 6) is 0.334. The Kier molecular flexibility index (Phi) is 4.31. The highest BCUT2D eigenvalue weighted by atomic mass is 32.2. The van der Waals surface area contributed by atoms with Crippen LogP contribution < -0.4 is 5.32 Å². The lowest BCUT2D eigenvalue weighted by atomic mass is 9.93. The van der Waals surface area contributed by atoms with E-state index in [2.05, 4.69) is 25.2 Å². The lowest BCUT2D eigenvalue weighted by Gasteiger charge is -2.31. The smallest absolute Gasteiger partial charge is 0.155 e. The molecular formula is C15H23NO2S. The van der Waals surface area contributed by atoms with Crippen LogP contribution in [0.2, 0.25) is 0 Å². The van der Waals surface area contributed by atoms with Gasteiger partial charge in [0.2, 0.25) is 0 Å². The number of nitrogens with one attached hydrogen (secondary N) is 1. The van der Waals surface area contributed by atoms with Gasteiger partial charge in [0.15, 0.2) is 9.84 Å². The normalized spacial score (nSPS) is 24.1. The van der Waals surface area contributed by atoms with Crippen molar-refractivity contribution in [2.24, 2.45) is 0 Å². The van der Waals surface area contributed by atoms with Gasteiger partial charge in [-0.3, -0.25) is 0 Å². The molecule has 19 heavy (non-hydrogen) atoms. The Labute approximate surface area is 116 Å². The van der Waals surface area contributed by atoms with E-state index >= 15 is 0 Å². The van der Waals surface area contributed by atoms with E-state index in [0.717, 1.165) is 24.8 Å². The highest BCUT2D eigenvalue weighted by Crippen LogP contribution is 2.32. The van der Waals surface area contributed by atoms with Crippen LogP contribution in [0.1, 0.15) is 42.0 Å². The van der Waals surface area contributed by atoms with Crippen LogP contribution in [0.25, 0.3) is 0 Å². The van der Waals surface area contributed by atoms with Crippen molar-refractivity contribution in [2.75, 3.05) is 12.8 Å². The molecule has 1 aromatic carbocycles. The molecule has 4 heteroatoms. The van der Waals surface area contributed by atoms with Crippen LogP contribution in [-0.4, -0.2) is 26.5 Å². The van der Waals surface area contributed by atoms with Gasteiger partial charge >= 0.3 is 0 Å². The van der Waals surface area contributed by atoms with Crippen molar-refractivity contribution in [1.82, 2.24) is 5.32 Å². The van der Waals surface area contributed by atoms with Gasteiger partial charge in [-0.05, 0) is 50.4 Å². The van der Waals surface area contributed by atoms with Crippen molar-refractivity contribution in [3.63, 3.8) is 0 Å². The third-order valence-corrected chi connectivity index (χ3v) is 6.58. The highest BCUT2D eigenvalue weighted by Gasteiger charge is 2.36. The monoisotopic (exact) mass is 281 g/mol. The maximum atomic E-state index is 12.3. The molecule has 0 aliphatic carbocycles. The molecule has 1 saturated heterocycles. The van der Waals surface area contributed by atoms with Crippen LogP contribution in [0.15, 0.2) is 18.2 Å². The van der Waals surface area contributed by atoms with E-state index in [1.807, 2.05) is 19.2 Å². The zero-order valence-corrected chi connectivity index (χ0v) is 12.8. The topological polar surface area (TPSA) is 46.2 Å². The summed E-state index contributed by atoms with van der Waals surface area (Å²) in [6.07, 6.45) is 2.58. The summed E-state index contributed by atoms with van der Waals surface area (Å²) in [7, 11) is -1.12. The predicted molar refractivity (Wildman–Crippen MR) is 79.1 cm³/mol. The average molecular weight is 281 g/mol. The summed E-state index contributed by atoms with van der Waals surface area (Å²) < 4.78 is 24.6. The van der Waals surface area contributed by atoms with Crippen LogP contribution in [0.4, 0.5) is 0 Å². The van der Waals surface area contributed by atoms with Gasteiger partial charge in [-0.1, -0.05) is 24.6 Å². The Hall–Kier alpha value is -0.870. The van der Waals surface area contributed by atoms with E-state index in [1.165, 1.54) is 11.1 Å². The number of hydrogen-bond acceptors (Lipinski definition) is 3. The molecule has 1 fully saturated rings. The van der Waals surface area contributed by atoms with Gasteiger partial charge in [-0.2, -0.15) is 0 Å². The van der Waals surface area contributed by atoms with Crippen LogP contribution in [0, 0.1) is 13.8 Å². The van der Waals surface area contributed by atoms with Crippen molar-refractivity contribution in [3.8, 4) is 0 Å². The summed E-state index contributed by atoms with van der Waals surface area (Å²) in [4.78, 5) is 0. The first-order valence-corrected chi connectivity index (χ1v) is 8.64. The van der Waals surface area contributed by atoms with Crippen molar-refractivity contribution in [3.05, 3.63) is 34.9 Å². The fraction of sp³-hybridized carbons (Fsp3) is 0.600. The van der Waals surface area contributed by atoms with Crippen molar-refractivity contribution in [1.29, 1.82) is 0 Å². The molecule has 0 bridgehead atoms. The Morgan fingerprint density at radius 2 is 2.00 bits per heavy atom. The summed E-state index contributed by atoms with van der Waals surface area (Å²) >= 11 is 0. The molecule has 0 aromatic heterocycles. The number of hydrogen-bond donors (Lipinski definition) is 1. The quantitative estimate of drug-likeness (QED) is 0.926. The van der Waals surface area contributed by atoms with E-state index in [1.54, 1.807) is 0 Å². The largest absolute Gasteiger partial charge is 0.312 e. The molecule has 0 amide bonds. The van der Waals surface area contributed by atoms with Crippen molar-refractivity contribution in [2.45, 2.75) is 44.4 Å². The third kappa shape index (κ3) is 2.84. The van der Waals surface area contributed by atoms with Crippen LogP contribution in [-0.2, 0) is 9.84 Å². The summed E-state index contributed by atoms with van der Waals surface area (Å²) in [5, 5.41) is 2.95.